The molecule has 0 radical (unpaired) electrons. The van der Waals surface area contributed by atoms with Gasteiger partial charge in [-0.2, -0.15) is 0 Å². The summed E-state index contributed by atoms with van der Waals surface area (Å²) < 4.78 is 0. The first-order valence-electron chi connectivity index (χ1n) is 6.55. The first kappa shape index (κ1) is 12.6. The van der Waals surface area contributed by atoms with Gasteiger partial charge in [0.05, 0.1) is 5.69 Å². The molecule has 0 aliphatic heterocycles. The van der Waals surface area contributed by atoms with Crippen LogP contribution in [-0.4, -0.2) is 22.3 Å². The first-order chi connectivity index (χ1) is 9.35. The molecule has 1 aromatic heterocycles. The quantitative estimate of drug-likeness (QED) is 0.848. The van der Waals surface area contributed by atoms with Gasteiger partial charge < -0.3 is 5.32 Å². The lowest BCUT2D eigenvalue weighted by molar-refractivity contribution is 0.673. The third-order valence-corrected chi connectivity index (χ3v) is 3.95. The van der Waals surface area contributed by atoms with Gasteiger partial charge in [0.25, 0.3) is 0 Å². The van der Waals surface area contributed by atoms with Crippen molar-refractivity contribution in [3.63, 3.8) is 0 Å². The van der Waals surface area contributed by atoms with Crippen molar-refractivity contribution < 1.29 is 0 Å². The molecule has 3 rings (SSSR count). The third kappa shape index (κ3) is 3.33. The van der Waals surface area contributed by atoms with Crippen LogP contribution in [0.15, 0.2) is 41.4 Å². The minimum absolute atomic E-state index is 0.708. The van der Waals surface area contributed by atoms with Crippen LogP contribution in [0.1, 0.15) is 18.5 Å². The highest BCUT2D eigenvalue weighted by Crippen LogP contribution is 2.21. The number of hydrogen-bond acceptors (Lipinski definition) is 4. The zero-order valence-corrected chi connectivity index (χ0v) is 11.8. The van der Waals surface area contributed by atoms with Crippen molar-refractivity contribution in [3.8, 4) is 11.4 Å². The molecule has 0 unspecified atom stereocenters. The Morgan fingerprint density at radius 3 is 2.68 bits per heavy atom. The number of nitrogens with one attached hydrogen (secondary N) is 1. The van der Waals surface area contributed by atoms with Crippen LogP contribution in [0.25, 0.3) is 11.4 Å². The van der Waals surface area contributed by atoms with Gasteiger partial charge in [-0.05, 0) is 37.3 Å². The van der Waals surface area contributed by atoms with Gasteiger partial charge in [-0.3, -0.25) is 0 Å². The fourth-order valence-electron chi connectivity index (χ4n) is 1.91. The van der Waals surface area contributed by atoms with E-state index < -0.39 is 0 Å². The van der Waals surface area contributed by atoms with E-state index in [1.807, 2.05) is 12.3 Å². The Morgan fingerprint density at radius 1 is 1.21 bits per heavy atom. The maximum absolute atomic E-state index is 4.62. The van der Waals surface area contributed by atoms with Crippen molar-refractivity contribution in [2.24, 2.45) is 0 Å². The summed E-state index contributed by atoms with van der Waals surface area (Å²) in [5.41, 5.74) is 2.14. The van der Waals surface area contributed by atoms with Crippen LogP contribution in [-0.2, 0) is 6.54 Å². The number of aromatic nitrogens is 2. The Kier molecular flexibility index (Phi) is 3.80. The summed E-state index contributed by atoms with van der Waals surface area (Å²) in [6, 6.07) is 11.1. The Balaban J connectivity index is 1.76. The van der Waals surface area contributed by atoms with Crippen LogP contribution in [0, 0.1) is 0 Å². The molecule has 2 aromatic rings. The van der Waals surface area contributed by atoms with E-state index in [0.29, 0.717) is 6.04 Å². The summed E-state index contributed by atoms with van der Waals surface area (Å²) in [5.74, 6) is 0.808. The topological polar surface area (TPSA) is 37.8 Å². The lowest BCUT2D eigenvalue weighted by Gasteiger charge is -2.05. The monoisotopic (exact) mass is 271 g/mol. The van der Waals surface area contributed by atoms with E-state index in [9.17, 15) is 0 Å². The zero-order valence-electron chi connectivity index (χ0n) is 11.0. The molecule has 1 heterocycles. The summed E-state index contributed by atoms with van der Waals surface area (Å²) in [6.07, 6.45) is 6.52. The van der Waals surface area contributed by atoms with Gasteiger partial charge in [0.15, 0.2) is 5.82 Å². The molecule has 0 amide bonds. The molecule has 19 heavy (non-hydrogen) atoms. The van der Waals surface area contributed by atoms with E-state index >= 15 is 0 Å². The van der Waals surface area contributed by atoms with Crippen LogP contribution in [0.3, 0.4) is 0 Å². The predicted molar refractivity (Wildman–Crippen MR) is 79.1 cm³/mol. The second-order valence-corrected chi connectivity index (χ2v) is 5.63. The number of benzene rings is 1. The fraction of sp³-hybridized carbons (Fsp3) is 0.333. The summed E-state index contributed by atoms with van der Waals surface area (Å²) in [4.78, 5) is 10.2. The molecule has 0 atom stereocenters. The Labute approximate surface area is 117 Å². The lowest BCUT2D eigenvalue weighted by Crippen LogP contribution is -2.16. The van der Waals surface area contributed by atoms with Gasteiger partial charge in [0, 0.05) is 29.2 Å². The zero-order chi connectivity index (χ0) is 13.1. The van der Waals surface area contributed by atoms with Crippen molar-refractivity contribution >= 4 is 11.8 Å². The van der Waals surface area contributed by atoms with Gasteiger partial charge in [-0.15, -0.1) is 11.8 Å². The molecule has 0 spiro atoms. The van der Waals surface area contributed by atoms with Crippen molar-refractivity contribution in [2.75, 3.05) is 6.26 Å². The molecule has 4 heteroatoms. The van der Waals surface area contributed by atoms with E-state index in [1.165, 1.54) is 17.7 Å². The largest absolute Gasteiger partial charge is 0.308 e. The van der Waals surface area contributed by atoms with Crippen molar-refractivity contribution in [3.05, 3.63) is 42.2 Å². The van der Waals surface area contributed by atoms with Gasteiger partial charge in [0.1, 0.15) is 0 Å². The molecule has 1 aromatic carbocycles. The van der Waals surface area contributed by atoms with Gasteiger partial charge in [0.2, 0.25) is 0 Å². The van der Waals surface area contributed by atoms with Crippen LogP contribution < -0.4 is 5.32 Å². The van der Waals surface area contributed by atoms with Crippen molar-refractivity contribution in [1.29, 1.82) is 0 Å². The minimum Gasteiger partial charge on any atom is -0.308 e. The Morgan fingerprint density at radius 2 is 2.00 bits per heavy atom. The summed E-state index contributed by atoms with van der Waals surface area (Å²) in [7, 11) is 0. The average molecular weight is 271 g/mol. The first-order valence-corrected chi connectivity index (χ1v) is 7.77. The second kappa shape index (κ2) is 5.72. The number of hydrogen-bond donors (Lipinski definition) is 1. The lowest BCUT2D eigenvalue weighted by atomic mass is 10.2. The van der Waals surface area contributed by atoms with Crippen molar-refractivity contribution in [1.82, 2.24) is 15.3 Å². The molecular weight excluding hydrogens is 254 g/mol. The summed E-state index contributed by atoms with van der Waals surface area (Å²) >= 11 is 1.74. The summed E-state index contributed by atoms with van der Waals surface area (Å²) in [6.45, 7) is 0.836. The van der Waals surface area contributed by atoms with E-state index in [2.05, 4.69) is 45.8 Å². The number of rotatable bonds is 5. The SMILES string of the molecule is CSc1ccc(-c2nccc(CNC3CC3)n2)cc1. The highest BCUT2D eigenvalue weighted by molar-refractivity contribution is 7.98. The summed E-state index contributed by atoms with van der Waals surface area (Å²) in [5, 5.41) is 3.48. The fourth-order valence-corrected chi connectivity index (χ4v) is 2.32. The molecule has 1 saturated carbocycles. The molecule has 98 valence electrons. The Bertz CT molecular complexity index is 550. The molecule has 0 saturated heterocycles. The van der Waals surface area contributed by atoms with Crippen LogP contribution >= 0.6 is 11.8 Å². The predicted octanol–water partition coefficient (Wildman–Crippen LogP) is 3.12. The molecule has 1 aliphatic carbocycles. The smallest absolute Gasteiger partial charge is 0.159 e. The average Bonchev–Trinajstić information content (AvgIpc) is 3.30. The third-order valence-electron chi connectivity index (χ3n) is 3.21. The normalized spacial score (nSPS) is 14.6. The molecule has 3 nitrogen and oxygen atoms in total. The maximum atomic E-state index is 4.62. The van der Waals surface area contributed by atoms with Crippen LogP contribution in [0.2, 0.25) is 0 Å². The molecule has 1 aliphatic rings. The molecule has 1 N–H and O–H groups in total. The van der Waals surface area contributed by atoms with E-state index in [4.69, 9.17) is 0 Å². The highest BCUT2D eigenvalue weighted by Gasteiger charge is 2.20. The van der Waals surface area contributed by atoms with Gasteiger partial charge in [-0.25, -0.2) is 9.97 Å². The molecular formula is C15H17N3S. The van der Waals surface area contributed by atoms with Gasteiger partial charge in [-0.1, -0.05) is 12.1 Å². The molecule has 0 bridgehead atoms. The maximum Gasteiger partial charge on any atom is 0.159 e. The Hall–Kier alpha value is -1.39. The van der Waals surface area contributed by atoms with E-state index in [1.54, 1.807) is 11.8 Å². The van der Waals surface area contributed by atoms with Crippen molar-refractivity contribution in [2.45, 2.75) is 30.3 Å². The van der Waals surface area contributed by atoms with Crippen LogP contribution in [0.5, 0.6) is 0 Å². The van der Waals surface area contributed by atoms with Gasteiger partial charge >= 0.3 is 0 Å². The highest BCUT2D eigenvalue weighted by atomic mass is 32.2. The molecule has 1 fully saturated rings. The van der Waals surface area contributed by atoms with E-state index in [-0.39, 0.29) is 0 Å². The minimum atomic E-state index is 0.708. The standard InChI is InChI=1S/C15H17N3S/c1-19-14-6-2-11(3-7-14)15-16-9-8-13(18-15)10-17-12-4-5-12/h2-3,6-9,12,17H,4-5,10H2,1H3. The van der Waals surface area contributed by atoms with E-state index in [0.717, 1.165) is 23.6 Å². The second-order valence-electron chi connectivity index (χ2n) is 4.76. The van der Waals surface area contributed by atoms with Crippen LogP contribution in [0.4, 0.5) is 0 Å². The number of nitrogens with zero attached hydrogens (tertiary/aromatic N) is 2. The number of thioether (sulfide) groups is 1.